The number of nitro groups is 1. The molecule has 3 aromatic rings. The van der Waals surface area contributed by atoms with Gasteiger partial charge in [-0.15, -0.1) is 16.5 Å². The van der Waals surface area contributed by atoms with Gasteiger partial charge in [-0.05, 0) is 12.1 Å². The Hall–Kier alpha value is -3.00. The van der Waals surface area contributed by atoms with Crippen LogP contribution in [0.2, 0.25) is 0 Å². The van der Waals surface area contributed by atoms with Gasteiger partial charge in [0, 0.05) is 29.3 Å². The third kappa shape index (κ3) is 3.80. The number of non-ortho nitro benzene ring substituents is 1. The predicted molar refractivity (Wildman–Crippen MR) is 86.7 cm³/mol. The fraction of sp³-hybridized carbons (Fsp3) is 0.0667. The summed E-state index contributed by atoms with van der Waals surface area (Å²) < 4.78 is 0. The molecule has 23 heavy (non-hydrogen) atoms. The molecule has 0 N–H and O–H groups in total. The lowest BCUT2D eigenvalue weighted by molar-refractivity contribution is -0.384. The summed E-state index contributed by atoms with van der Waals surface area (Å²) in [5.74, 6) is 0. The van der Waals surface area contributed by atoms with E-state index < -0.39 is 4.92 Å². The molecule has 0 amide bonds. The Morgan fingerprint density at radius 1 is 1.22 bits per heavy atom. The van der Waals surface area contributed by atoms with E-state index in [1.165, 1.54) is 23.5 Å². The van der Waals surface area contributed by atoms with Gasteiger partial charge in [0.2, 0.25) is 5.13 Å². The highest BCUT2D eigenvalue weighted by Crippen LogP contribution is 2.28. The molecule has 0 saturated carbocycles. The lowest BCUT2D eigenvalue weighted by atomic mass is 10.1. The first kappa shape index (κ1) is 14.9. The Labute approximate surface area is 135 Å². The molecule has 7 nitrogen and oxygen atoms in total. The van der Waals surface area contributed by atoms with Crippen molar-refractivity contribution in [2.75, 3.05) is 0 Å². The normalized spacial score (nSPS) is 11.0. The number of azo groups is 1. The van der Waals surface area contributed by atoms with Crippen LogP contribution in [0.15, 0.2) is 64.3 Å². The number of rotatable bonds is 5. The summed E-state index contributed by atoms with van der Waals surface area (Å²) in [6, 6.07) is 11.9. The Kier molecular flexibility index (Phi) is 4.44. The maximum atomic E-state index is 10.8. The van der Waals surface area contributed by atoms with E-state index in [2.05, 4.69) is 20.2 Å². The molecular formula is C15H11N5O2S. The van der Waals surface area contributed by atoms with E-state index in [1.807, 2.05) is 18.2 Å². The van der Waals surface area contributed by atoms with E-state index in [9.17, 15) is 10.1 Å². The Balaban J connectivity index is 1.73. The molecule has 114 valence electrons. The summed E-state index contributed by atoms with van der Waals surface area (Å²) in [7, 11) is 0. The van der Waals surface area contributed by atoms with Crippen LogP contribution in [0.25, 0.3) is 11.3 Å². The van der Waals surface area contributed by atoms with Crippen molar-refractivity contribution in [1.82, 2.24) is 9.97 Å². The first-order valence-electron chi connectivity index (χ1n) is 6.70. The van der Waals surface area contributed by atoms with Crippen LogP contribution in [0, 0.1) is 10.1 Å². The van der Waals surface area contributed by atoms with Gasteiger partial charge in [-0.2, -0.15) is 5.11 Å². The molecule has 0 bridgehead atoms. The highest BCUT2D eigenvalue weighted by atomic mass is 32.1. The van der Waals surface area contributed by atoms with Crippen molar-refractivity contribution in [2.24, 2.45) is 10.2 Å². The van der Waals surface area contributed by atoms with Gasteiger partial charge in [-0.3, -0.25) is 15.1 Å². The van der Waals surface area contributed by atoms with Gasteiger partial charge in [0.1, 0.15) is 6.54 Å². The molecule has 2 aromatic heterocycles. The minimum atomic E-state index is -0.427. The van der Waals surface area contributed by atoms with E-state index >= 15 is 0 Å². The topological polar surface area (TPSA) is 93.6 Å². The van der Waals surface area contributed by atoms with Crippen molar-refractivity contribution >= 4 is 22.2 Å². The number of hydrogen-bond acceptors (Lipinski definition) is 7. The average molecular weight is 325 g/mol. The molecule has 0 radical (unpaired) electrons. The number of nitrogens with zero attached hydrogens (tertiary/aromatic N) is 5. The minimum absolute atomic E-state index is 0.0360. The van der Waals surface area contributed by atoms with E-state index in [4.69, 9.17) is 0 Å². The van der Waals surface area contributed by atoms with Crippen molar-refractivity contribution in [2.45, 2.75) is 6.54 Å². The van der Waals surface area contributed by atoms with Crippen LogP contribution < -0.4 is 0 Å². The molecule has 0 aliphatic carbocycles. The highest BCUT2D eigenvalue weighted by molar-refractivity contribution is 7.13. The Morgan fingerprint density at radius 3 is 2.91 bits per heavy atom. The predicted octanol–water partition coefficient (Wildman–Crippen LogP) is 4.40. The van der Waals surface area contributed by atoms with Gasteiger partial charge < -0.3 is 0 Å². The van der Waals surface area contributed by atoms with Crippen LogP contribution in [-0.2, 0) is 6.54 Å². The number of benzene rings is 1. The van der Waals surface area contributed by atoms with E-state index in [1.54, 1.807) is 23.7 Å². The Bertz CT molecular complexity index is 848. The third-order valence-corrected chi connectivity index (χ3v) is 3.68. The van der Waals surface area contributed by atoms with Crippen LogP contribution in [0.4, 0.5) is 10.8 Å². The van der Waals surface area contributed by atoms with Crippen molar-refractivity contribution in [3.05, 3.63) is 69.8 Å². The highest BCUT2D eigenvalue weighted by Gasteiger charge is 2.09. The summed E-state index contributed by atoms with van der Waals surface area (Å²) in [4.78, 5) is 18.9. The second-order valence-electron chi connectivity index (χ2n) is 4.54. The molecule has 2 heterocycles. The first-order valence-corrected chi connectivity index (χ1v) is 7.58. The molecule has 3 rings (SSSR count). The van der Waals surface area contributed by atoms with E-state index in [-0.39, 0.29) is 5.69 Å². The molecule has 8 heteroatoms. The number of aromatic nitrogens is 2. The van der Waals surface area contributed by atoms with Crippen LogP contribution in [0.5, 0.6) is 0 Å². The molecule has 0 aliphatic rings. The van der Waals surface area contributed by atoms with E-state index in [0.717, 1.165) is 5.69 Å². The SMILES string of the molecule is O=[N+]([O-])c1cccc(-c2csc(N=NCc3ccccn3)n2)c1. The maximum Gasteiger partial charge on any atom is 0.270 e. The van der Waals surface area contributed by atoms with Crippen molar-refractivity contribution in [3.63, 3.8) is 0 Å². The molecule has 0 unspecified atom stereocenters. The monoisotopic (exact) mass is 325 g/mol. The molecule has 0 atom stereocenters. The Morgan fingerprint density at radius 2 is 2.13 bits per heavy atom. The van der Waals surface area contributed by atoms with Gasteiger partial charge >= 0.3 is 0 Å². The summed E-state index contributed by atoms with van der Waals surface area (Å²) >= 11 is 1.33. The molecule has 0 fully saturated rings. The van der Waals surface area contributed by atoms with Crippen LogP contribution in [0.1, 0.15) is 5.69 Å². The van der Waals surface area contributed by atoms with Crippen molar-refractivity contribution < 1.29 is 4.92 Å². The molecule has 0 spiro atoms. The zero-order valence-corrected chi connectivity index (χ0v) is 12.7. The van der Waals surface area contributed by atoms with Crippen molar-refractivity contribution in [3.8, 4) is 11.3 Å². The van der Waals surface area contributed by atoms with Gasteiger partial charge in [0.15, 0.2) is 0 Å². The van der Waals surface area contributed by atoms with Crippen molar-refractivity contribution in [1.29, 1.82) is 0 Å². The van der Waals surface area contributed by atoms with Crippen LogP contribution in [-0.4, -0.2) is 14.9 Å². The standard InChI is InChI=1S/C15H11N5O2S/c21-20(22)13-6-3-4-11(8-13)14-10-23-15(18-14)19-17-9-12-5-1-2-7-16-12/h1-8,10H,9H2. The number of hydrogen-bond donors (Lipinski definition) is 0. The lowest BCUT2D eigenvalue weighted by Gasteiger charge is -1.96. The minimum Gasteiger partial charge on any atom is -0.259 e. The quantitative estimate of drug-likeness (QED) is 0.395. The van der Waals surface area contributed by atoms with Crippen LogP contribution >= 0.6 is 11.3 Å². The average Bonchev–Trinajstić information content (AvgIpc) is 3.05. The lowest BCUT2D eigenvalue weighted by Crippen LogP contribution is -1.87. The fourth-order valence-electron chi connectivity index (χ4n) is 1.88. The van der Waals surface area contributed by atoms with E-state index in [0.29, 0.717) is 22.9 Å². The zero-order valence-electron chi connectivity index (χ0n) is 11.9. The number of nitro benzene ring substituents is 1. The van der Waals surface area contributed by atoms with Gasteiger partial charge in [0.25, 0.3) is 5.69 Å². The second-order valence-corrected chi connectivity index (χ2v) is 5.38. The summed E-state index contributed by atoms with van der Waals surface area (Å²) in [6.07, 6.45) is 1.70. The molecule has 1 aromatic carbocycles. The largest absolute Gasteiger partial charge is 0.270 e. The first-order chi connectivity index (χ1) is 11.2. The third-order valence-electron chi connectivity index (χ3n) is 2.96. The number of thiazole rings is 1. The summed E-state index contributed by atoms with van der Waals surface area (Å²) in [5, 5.41) is 21.2. The fourth-order valence-corrected chi connectivity index (χ4v) is 2.54. The number of pyridine rings is 1. The van der Waals surface area contributed by atoms with Gasteiger partial charge in [-0.25, -0.2) is 4.98 Å². The summed E-state index contributed by atoms with van der Waals surface area (Å²) in [6.45, 7) is 0.382. The maximum absolute atomic E-state index is 10.8. The zero-order chi connectivity index (χ0) is 16.1. The van der Waals surface area contributed by atoms with Gasteiger partial charge in [0.05, 0.1) is 16.3 Å². The smallest absolute Gasteiger partial charge is 0.259 e. The van der Waals surface area contributed by atoms with Crippen LogP contribution in [0.3, 0.4) is 0 Å². The summed E-state index contributed by atoms with van der Waals surface area (Å²) in [5.41, 5.74) is 2.19. The van der Waals surface area contributed by atoms with Gasteiger partial charge in [-0.1, -0.05) is 18.2 Å². The molecule has 0 aliphatic heterocycles. The molecule has 0 saturated heterocycles. The second kappa shape index (κ2) is 6.84. The molecular weight excluding hydrogens is 314 g/mol.